The molecule has 2 aromatic rings. The lowest BCUT2D eigenvalue weighted by Crippen LogP contribution is -2.16. The molecule has 1 aromatic heterocycles. The van der Waals surface area contributed by atoms with Crippen LogP contribution in [0.4, 0.5) is 13.2 Å². The van der Waals surface area contributed by atoms with E-state index >= 15 is 0 Å². The Kier molecular flexibility index (Phi) is 3.08. The Labute approximate surface area is 99.6 Å². The van der Waals surface area contributed by atoms with E-state index in [9.17, 15) is 18.0 Å². The summed E-state index contributed by atoms with van der Waals surface area (Å²) >= 11 is 0. The minimum absolute atomic E-state index is 0.227. The van der Waals surface area contributed by atoms with Gasteiger partial charge in [0, 0.05) is 17.5 Å². The molecule has 0 radical (unpaired) electrons. The number of hydrogen-bond donors (Lipinski definition) is 2. The van der Waals surface area contributed by atoms with E-state index in [2.05, 4.69) is 9.97 Å². The van der Waals surface area contributed by atoms with Crippen molar-refractivity contribution in [2.45, 2.75) is 12.6 Å². The molecule has 1 heterocycles. The number of nitrogens with two attached hydrogens (primary N) is 1. The zero-order chi connectivity index (χ0) is 13.3. The standard InChI is InChI=1S/C11H10F3N3O/c12-11(13,14)6-1-2-8-7(5-6)9(3-4-15)17-10(18)16-8/h1-2,5H,3-4,15H2,(H,16,17,18). The van der Waals surface area contributed by atoms with Gasteiger partial charge in [-0.2, -0.15) is 18.2 Å². The first-order chi connectivity index (χ1) is 8.41. The van der Waals surface area contributed by atoms with Gasteiger partial charge in [0.1, 0.15) is 0 Å². The van der Waals surface area contributed by atoms with Crippen molar-refractivity contribution in [1.29, 1.82) is 0 Å². The van der Waals surface area contributed by atoms with Crippen molar-refractivity contribution in [3.05, 3.63) is 39.9 Å². The van der Waals surface area contributed by atoms with Crippen LogP contribution in [0.15, 0.2) is 23.0 Å². The summed E-state index contributed by atoms with van der Waals surface area (Å²) in [5.74, 6) is 0. The van der Waals surface area contributed by atoms with Crippen molar-refractivity contribution in [3.8, 4) is 0 Å². The first-order valence-corrected chi connectivity index (χ1v) is 5.22. The second kappa shape index (κ2) is 4.41. The van der Waals surface area contributed by atoms with Crippen molar-refractivity contribution in [2.75, 3.05) is 6.54 Å². The molecule has 0 spiro atoms. The molecule has 0 amide bonds. The first kappa shape index (κ1) is 12.6. The Balaban J connectivity index is 2.70. The molecule has 1 aromatic carbocycles. The Bertz CT molecular complexity index is 633. The summed E-state index contributed by atoms with van der Waals surface area (Å²) in [5.41, 5.74) is 4.60. The summed E-state index contributed by atoms with van der Waals surface area (Å²) in [4.78, 5) is 17.3. The summed E-state index contributed by atoms with van der Waals surface area (Å²) in [6, 6.07) is 3.07. The number of nitrogens with zero attached hydrogens (tertiary/aromatic N) is 1. The van der Waals surface area contributed by atoms with Crippen molar-refractivity contribution in [1.82, 2.24) is 9.97 Å². The maximum atomic E-state index is 12.6. The maximum absolute atomic E-state index is 12.6. The molecule has 0 atom stereocenters. The highest BCUT2D eigenvalue weighted by atomic mass is 19.4. The highest BCUT2D eigenvalue weighted by molar-refractivity contribution is 5.81. The van der Waals surface area contributed by atoms with Gasteiger partial charge in [-0.05, 0) is 24.7 Å². The summed E-state index contributed by atoms with van der Waals surface area (Å²) in [5, 5.41) is 0.273. The van der Waals surface area contributed by atoms with E-state index in [0.717, 1.165) is 12.1 Å². The van der Waals surface area contributed by atoms with Gasteiger partial charge in [-0.3, -0.25) is 0 Å². The van der Waals surface area contributed by atoms with Gasteiger partial charge in [0.2, 0.25) is 0 Å². The Morgan fingerprint density at radius 2 is 2.06 bits per heavy atom. The number of nitrogens with one attached hydrogen (secondary N) is 1. The number of aromatic nitrogens is 2. The van der Waals surface area contributed by atoms with Crippen LogP contribution in [0.25, 0.3) is 10.9 Å². The average molecular weight is 257 g/mol. The molecule has 18 heavy (non-hydrogen) atoms. The van der Waals surface area contributed by atoms with E-state index in [4.69, 9.17) is 5.73 Å². The lowest BCUT2D eigenvalue weighted by Gasteiger charge is -2.09. The van der Waals surface area contributed by atoms with E-state index in [-0.39, 0.29) is 23.9 Å². The molecule has 0 saturated carbocycles. The Morgan fingerprint density at radius 3 is 2.67 bits per heavy atom. The van der Waals surface area contributed by atoms with Crippen LogP contribution in [-0.2, 0) is 12.6 Å². The molecule has 2 rings (SSSR count). The van der Waals surface area contributed by atoms with Gasteiger partial charge in [-0.15, -0.1) is 0 Å². The van der Waals surface area contributed by atoms with Crippen LogP contribution in [0.1, 0.15) is 11.3 Å². The number of fused-ring (bicyclic) bond motifs is 1. The van der Waals surface area contributed by atoms with Gasteiger partial charge < -0.3 is 10.7 Å². The zero-order valence-electron chi connectivity index (χ0n) is 9.21. The van der Waals surface area contributed by atoms with Crippen LogP contribution in [0.5, 0.6) is 0 Å². The minimum Gasteiger partial charge on any atom is -0.330 e. The summed E-state index contributed by atoms with van der Waals surface area (Å²) in [6.45, 7) is 0.227. The fourth-order valence-electron chi connectivity index (χ4n) is 1.73. The van der Waals surface area contributed by atoms with Crippen LogP contribution in [0, 0.1) is 0 Å². The van der Waals surface area contributed by atoms with Gasteiger partial charge >= 0.3 is 11.9 Å². The second-order valence-corrected chi connectivity index (χ2v) is 3.79. The minimum atomic E-state index is -4.43. The molecule has 0 aliphatic heterocycles. The fourth-order valence-corrected chi connectivity index (χ4v) is 1.73. The monoisotopic (exact) mass is 257 g/mol. The maximum Gasteiger partial charge on any atom is 0.416 e. The molecular weight excluding hydrogens is 247 g/mol. The third-order valence-electron chi connectivity index (χ3n) is 2.52. The molecule has 96 valence electrons. The number of rotatable bonds is 2. The van der Waals surface area contributed by atoms with Gasteiger partial charge in [0.05, 0.1) is 11.1 Å². The number of alkyl halides is 3. The summed E-state index contributed by atoms with van der Waals surface area (Å²) in [7, 11) is 0. The molecule has 3 N–H and O–H groups in total. The van der Waals surface area contributed by atoms with Crippen LogP contribution in [0.2, 0.25) is 0 Å². The van der Waals surface area contributed by atoms with E-state index in [1.54, 1.807) is 0 Å². The molecule has 0 aliphatic carbocycles. The molecule has 0 aliphatic rings. The number of aromatic amines is 1. The Morgan fingerprint density at radius 1 is 1.33 bits per heavy atom. The molecular formula is C11H10F3N3O. The van der Waals surface area contributed by atoms with Crippen molar-refractivity contribution in [3.63, 3.8) is 0 Å². The van der Waals surface area contributed by atoms with E-state index in [0.29, 0.717) is 5.69 Å². The van der Waals surface area contributed by atoms with Crippen LogP contribution in [0.3, 0.4) is 0 Å². The Hall–Kier alpha value is -1.89. The van der Waals surface area contributed by atoms with E-state index < -0.39 is 17.4 Å². The topological polar surface area (TPSA) is 71.8 Å². The van der Waals surface area contributed by atoms with Gasteiger partial charge in [-0.1, -0.05) is 0 Å². The van der Waals surface area contributed by atoms with Gasteiger partial charge in [-0.25, -0.2) is 4.79 Å². The van der Waals surface area contributed by atoms with Crippen molar-refractivity contribution >= 4 is 10.9 Å². The van der Waals surface area contributed by atoms with Gasteiger partial charge in [0.25, 0.3) is 0 Å². The predicted octanol–water partition coefficient (Wildman–Crippen LogP) is 1.44. The molecule has 4 nitrogen and oxygen atoms in total. The summed E-state index contributed by atoms with van der Waals surface area (Å²) < 4.78 is 37.8. The molecule has 0 unspecified atom stereocenters. The highest BCUT2D eigenvalue weighted by Crippen LogP contribution is 2.31. The quantitative estimate of drug-likeness (QED) is 0.855. The van der Waals surface area contributed by atoms with E-state index in [1.807, 2.05) is 0 Å². The SMILES string of the molecule is NCCc1[nH]c(=O)nc2ccc(C(F)(F)F)cc12. The van der Waals surface area contributed by atoms with Crippen LogP contribution in [-0.4, -0.2) is 16.5 Å². The highest BCUT2D eigenvalue weighted by Gasteiger charge is 2.30. The normalized spacial score (nSPS) is 12.0. The van der Waals surface area contributed by atoms with E-state index in [1.165, 1.54) is 6.07 Å². The predicted molar refractivity (Wildman–Crippen MR) is 60.1 cm³/mol. The fraction of sp³-hybridized carbons (Fsp3) is 0.273. The number of hydrogen-bond acceptors (Lipinski definition) is 3. The summed E-state index contributed by atoms with van der Waals surface area (Å²) in [6.07, 6.45) is -4.14. The van der Waals surface area contributed by atoms with Crippen molar-refractivity contribution < 1.29 is 13.2 Å². The average Bonchev–Trinajstić information content (AvgIpc) is 2.27. The third kappa shape index (κ3) is 2.35. The number of H-pyrrole nitrogens is 1. The molecule has 0 fully saturated rings. The second-order valence-electron chi connectivity index (χ2n) is 3.79. The van der Waals surface area contributed by atoms with Crippen LogP contribution < -0.4 is 11.4 Å². The molecule has 0 saturated heterocycles. The lowest BCUT2D eigenvalue weighted by molar-refractivity contribution is -0.137. The molecule has 0 bridgehead atoms. The largest absolute Gasteiger partial charge is 0.416 e. The van der Waals surface area contributed by atoms with Crippen molar-refractivity contribution in [2.24, 2.45) is 5.73 Å². The number of benzene rings is 1. The number of halogens is 3. The van der Waals surface area contributed by atoms with Gasteiger partial charge in [0.15, 0.2) is 0 Å². The first-order valence-electron chi connectivity index (χ1n) is 5.22. The third-order valence-corrected chi connectivity index (χ3v) is 2.52. The molecule has 7 heteroatoms. The lowest BCUT2D eigenvalue weighted by atomic mass is 10.1. The zero-order valence-corrected chi connectivity index (χ0v) is 9.21. The smallest absolute Gasteiger partial charge is 0.330 e. The van der Waals surface area contributed by atoms with Crippen LogP contribution >= 0.6 is 0 Å².